The molecule has 4 N–H and O–H groups in total. The maximum atomic E-state index is 12.5. The molecular formula is C10H7F7N2O5. The van der Waals surface area contributed by atoms with E-state index in [1.165, 1.54) is 6.20 Å². The highest BCUT2D eigenvalue weighted by Crippen LogP contribution is 2.13. The van der Waals surface area contributed by atoms with Crippen LogP contribution in [0, 0.1) is 5.82 Å². The van der Waals surface area contributed by atoms with Crippen LogP contribution in [0.25, 0.3) is 0 Å². The van der Waals surface area contributed by atoms with Crippen LogP contribution < -0.4 is 5.73 Å². The van der Waals surface area contributed by atoms with Gasteiger partial charge in [-0.05, 0) is 6.07 Å². The van der Waals surface area contributed by atoms with Crippen LogP contribution in [0.5, 0.6) is 0 Å². The molecule has 24 heavy (non-hydrogen) atoms. The van der Waals surface area contributed by atoms with Gasteiger partial charge in [-0.2, -0.15) is 26.3 Å². The molecule has 0 spiro atoms. The molecule has 7 nitrogen and oxygen atoms in total. The number of carboxylic acids is 2. The molecule has 0 fully saturated rings. The Morgan fingerprint density at radius 1 is 1.04 bits per heavy atom. The Morgan fingerprint density at radius 2 is 1.38 bits per heavy atom. The van der Waals surface area contributed by atoms with Gasteiger partial charge in [-0.3, -0.25) is 4.79 Å². The van der Waals surface area contributed by atoms with Crippen molar-refractivity contribution in [1.29, 1.82) is 0 Å². The fraction of sp³-hybridized carbons (Fsp3) is 0.200. The monoisotopic (exact) mass is 368 g/mol. The second-order valence-electron chi connectivity index (χ2n) is 3.32. The van der Waals surface area contributed by atoms with Crippen LogP contribution in [0.4, 0.5) is 36.6 Å². The van der Waals surface area contributed by atoms with Gasteiger partial charge in [-0.25, -0.2) is 19.0 Å². The van der Waals surface area contributed by atoms with Crippen LogP contribution in [-0.4, -0.2) is 45.8 Å². The van der Waals surface area contributed by atoms with Crippen LogP contribution >= 0.6 is 0 Å². The zero-order valence-electron chi connectivity index (χ0n) is 11.0. The number of alkyl halides is 6. The highest BCUT2D eigenvalue weighted by atomic mass is 19.4. The maximum absolute atomic E-state index is 12.5. The molecule has 1 rings (SSSR count). The van der Waals surface area contributed by atoms with Crippen molar-refractivity contribution in [3.8, 4) is 0 Å². The van der Waals surface area contributed by atoms with Crippen LogP contribution in [0.1, 0.15) is 10.4 Å². The first kappa shape index (κ1) is 23.3. The Kier molecular flexibility index (Phi) is 9.01. The third-order valence-electron chi connectivity index (χ3n) is 1.57. The number of nitrogens with two attached hydrogens (primary N) is 1. The number of rotatable bonds is 1. The Bertz CT molecular complexity index is 542. The molecule has 0 aliphatic rings. The molecule has 1 aromatic heterocycles. The fourth-order valence-corrected chi connectivity index (χ4v) is 0.581. The van der Waals surface area contributed by atoms with Crippen molar-refractivity contribution >= 4 is 24.0 Å². The fourth-order valence-electron chi connectivity index (χ4n) is 0.581. The normalized spacial score (nSPS) is 10.5. The van der Waals surface area contributed by atoms with E-state index >= 15 is 0 Å². The molecule has 0 saturated heterocycles. The van der Waals surface area contributed by atoms with Crippen LogP contribution in [0.3, 0.4) is 0 Å². The maximum Gasteiger partial charge on any atom is 0.490 e. The molecule has 0 atom stereocenters. The number of anilines is 1. The Balaban J connectivity index is 0. The quantitative estimate of drug-likeness (QED) is 0.510. The van der Waals surface area contributed by atoms with Gasteiger partial charge in [0.15, 0.2) is 6.29 Å². The van der Waals surface area contributed by atoms with Crippen LogP contribution in [0.15, 0.2) is 12.3 Å². The Morgan fingerprint density at radius 3 is 1.54 bits per heavy atom. The van der Waals surface area contributed by atoms with Gasteiger partial charge in [0.2, 0.25) is 0 Å². The number of carboxylic acid groups (broad SMARTS) is 2. The SMILES string of the molecule is Nc1nccc(F)c1C=O.O=C(O)C(F)(F)F.O=C(O)C(F)(F)F. The van der Waals surface area contributed by atoms with Gasteiger partial charge < -0.3 is 15.9 Å². The number of hydrogen-bond donors (Lipinski definition) is 3. The predicted octanol–water partition coefficient (Wildman–Crippen LogP) is 1.88. The molecule has 0 unspecified atom stereocenters. The van der Waals surface area contributed by atoms with E-state index in [0.29, 0.717) is 6.29 Å². The summed E-state index contributed by atoms with van der Waals surface area (Å²) in [6.45, 7) is 0. The van der Waals surface area contributed by atoms with Gasteiger partial charge in [0.05, 0.1) is 5.56 Å². The summed E-state index contributed by atoms with van der Waals surface area (Å²) < 4.78 is 76.0. The number of aliphatic carboxylic acids is 2. The average Bonchev–Trinajstić information content (AvgIpc) is 2.38. The molecule has 0 radical (unpaired) electrons. The van der Waals surface area contributed by atoms with Crippen LogP contribution in [0.2, 0.25) is 0 Å². The third kappa shape index (κ3) is 9.91. The van der Waals surface area contributed by atoms with Crippen molar-refractivity contribution in [2.45, 2.75) is 12.4 Å². The number of halogens is 7. The van der Waals surface area contributed by atoms with E-state index < -0.39 is 30.1 Å². The van der Waals surface area contributed by atoms with Gasteiger partial charge in [0, 0.05) is 6.20 Å². The molecule has 136 valence electrons. The lowest BCUT2D eigenvalue weighted by Crippen LogP contribution is -2.21. The Hall–Kier alpha value is -2.93. The number of aldehydes is 1. The summed E-state index contributed by atoms with van der Waals surface area (Å²) in [5, 5.41) is 14.2. The topological polar surface area (TPSA) is 131 Å². The molecule has 0 bridgehead atoms. The summed E-state index contributed by atoms with van der Waals surface area (Å²) in [5.41, 5.74) is 4.97. The van der Waals surface area contributed by atoms with Crippen molar-refractivity contribution in [2.24, 2.45) is 0 Å². The first-order chi connectivity index (χ1) is 10.6. The average molecular weight is 368 g/mol. The van der Waals surface area contributed by atoms with E-state index in [2.05, 4.69) is 4.98 Å². The molecule has 14 heteroatoms. The summed E-state index contributed by atoms with van der Waals surface area (Å²) in [5.74, 6) is -6.22. The van der Waals surface area contributed by atoms with Crippen molar-refractivity contribution in [3.05, 3.63) is 23.6 Å². The molecule has 0 aromatic carbocycles. The number of nitrogens with zero attached hydrogens (tertiary/aromatic N) is 1. The van der Waals surface area contributed by atoms with Crippen molar-refractivity contribution in [2.75, 3.05) is 5.73 Å². The molecule has 0 aliphatic heterocycles. The van der Waals surface area contributed by atoms with Gasteiger partial charge in [-0.15, -0.1) is 0 Å². The standard InChI is InChI=1S/C6H5FN2O.2C2HF3O2/c7-5-1-2-9-6(8)4(5)3-10;2*3-2(4,5)1(6)7/h1-3H,(H2,8,9);2*(H,6,7). The van der Waals surface area contributed by atoms with E-state index in [-0.39, 0.29) is 11.4 Å². The lowest BCUT2D eigenvalue weighted by atomic mass is 10.3. The number of hydrogen-bond acceptors (Lipinski definition) is 5. The minimum atomic E-state index is -5.08. The number of carbonyl (C=O) groups is 3. The van der Waals surface area contributed by atoms with E-state index in [1.807, 2.05) is 0 Å². The largest absolute Gasteiger partial charge is 0.490 e. The highest BCUT2D eigenvalue weighted by Gasteiger charge is 2.38. The van der Waals surface area contributed by atoms with E-state index in [9.17, 15) is 35.5 Å². The molecule has 0 saturated carbocycles. The summed E-state index contributed by atoms with van der Waals surface area (Å²) in [6, 6.07) is 1.08. The summed E-state index contributed by atoms with van der Waals surface area (Å²) in [4.78, 5) is 31.4. The zero-order chi connectivity index (χ0) is 19.7. The number of aromatic nitrogens is 1. The lowest BCUT2D eigenvalue weighted by Gasteiger charge is -1.95. The van der Waals surface area contributed by atoms with Gasteiger partial charge in [0.25, 0.3) is 0 Å². The smallest absolute Gasteiger partial charge is 0.475 e. The Labute approximate surface area is 127 Å². The van der Waals surface area contributed by atoms with Gasteiger partial charge >= 0.3 is 24.3 Å². The summed E-state index contributed by atoms with van der Waals surface area (Å²) in [6.07, 6.45) is -8.62. The first-order valence-corrected chi connectivity index (χ1v) is 5.10. The van der Waals surface area contributed by atoms with Crippen molar-refractivity contribution in [1.82, 2.24) is 4.98 Å². The number of carbonyl (C=O) groups excluding carboxylic acids is 1. The molecular weight excluding hydrogens is 361 g/mol. The van der Waals surface area contributed by atoms with Crippen LogP contribution in [-0.2, 0) is 9.59 Å². The zero-order valence-corrected chi connectivity index (χ0v) is 11.0. The third-order valence-corrected chi connectivity index (χ3v) is 1.57. The lowest BCUT2D eigenvalue weighted by molar-refractivity contribution is -0.193. The molecule has 0 aliphatic carbocycles. The van der Waals surface area contributed by atoms with E-state index in [1.54, 1.807) is 0 Å². The van der Waals surface area contributed by atoms with Gasteiger partial charge in [0.1, 0.15) is 11.6 Å². The summed E-state index contributed by atoms with van der Waals surface area (Å²) >= 11 is 0. The molecule has 0 amide bonds. The number of nitrogen functional groups attached to an aromatic ring is 1. The summed E-state index contributed by atoms with van der Waals surface area (Å²) in [7, 11) is 0. The van der Waals surface area contributed by atoms with Crippen molar-refractivity contribution in [3.63, 3.8) is 0 Å². The highest BCUT2D eigenvalue weighted by molar-refractivity contribution is 5.81. The minimum absolute atomic E-state index is 0.0741. The predicted molar refractivity (Wildman–Crippen MR) is 61.4 cm³/mol. The second-order valence-corrected chi connectivity index (χ2v) is 3.32. The van der Waals surface area contributed by atoms with Gasteiger partial charge in [-0.1, -0.05) is 0 Å². The minimum Gasteiger partial charge on any atom is -0.475 e. The van der Waals surface area contributed by atoms with E-state index in [0.717, 1.165) is 6.07 Å². The van der Waals surface area contributed by atoms with E-state index in [4.69, 9.17) is 25.5 Å². The second kappa shape index (κ2) is 9.26. The molecule has 1 heterocycles. The first-order valence-electron chi connectivity index (χ1n) is 5.10. The van der Waals surface area contributed by atoms with Crippen molar-refractivity contribution < 1.29 is 55.3 Å². The molecule has 1 aromatic rings. The number of pyridine rings is 1.